The highest BCUT2D eigenvalue weighted by molar-refractivity contribution is 5.96. The van der Waals surface area contributed by atoms with E-state index in [0.29, 0.717) is 17.7 Å². The number of nitrogens with one attached hydrogen (secondary N) is 1. The maximum atomic E-state index is 12.4. The van der Waals surface area contributed by atoms with E-state index >= 15 is 0 Å². The first-order chi connectivity index (χ1) is 12.4. The molecule has 2 rings (SSSR count). The van der Waals surface area contributed by atoms with E-state index < -0.39 is 18.6 Å². The van der Waals surface area contributed by atoms with E-state index in [1.165, 1.54) is 25.1 Å². The molecule has 0 aliphatic heterocycles. The number of Topliss-reactive ketones (excluding diaryl/α,β-unsaturated/α-hetero) is 1. The van der Waals surface area contributed by atoms with Crippen molar-refractivity contribution < 1.29 is 27.8 Å². The molecule has 2 aromatic rings. The number of benzene rings is 2. The van der Waals surface area contributed by atoms with Crippen molar-refractivity contribution in [1.82, 2.24) is 0 Å². The fourth-order valence-electron chi connectivity index (χ4n) is 2.18. The minimum absolute atomic E-state index is 0.0120. The zero-order valence-electron chi connectivity index (χ0n) is 14.4. The predicted molar refractivity (Wildman–Crippen MR) is 92.9 cm³/mol. The highest BCUT2D eigenvalue weighted by Gasteiger charge is 2.18. The molecular formula is C19H19F2NO4. The van der Waals surface area contributed by atoms with Gasteiger partial charge in [0.05, 0.1) is 5.69 Å². The molecule has 5 nitrogen and oxygen atoms in total. The zero-order valence-corrected chi connectivity index (χ0v) is 14.4. The Morgan fingerprint density at radius 2 is 1.69 bits per heavy atom. The summed E-state index contributed by atoms with van der Waals surface area (Å²) in [7, 11) is 0. The number of ketones is 1. The first-order valence-electron chi connectivity index (χ1n) is 8.05. The third-order valence-corrected chi connectivity index (χ3v) is 3.54. The van der Waals surface area contributed by atoms with E-state index in [-0.39, 0.29) is 17.2 Å². The van der Waals surface area contributed by atoms with Crippen molar-refractivity contribution in [3.05, 3.63) is 54.1 Å². The topological polar surface area (TPSA) is 64.6 Å². The summed E-state index contributed by atoms with van der Waals surface area (Å²) in [5.41, 5.74) is 0.687. The number of ether oxygens (including phenoxy) is 2. The average Bonchev–Trinajstić information content (AvgIpc) is 2.62. The second-order valence-electron chi connectivity index (χ2n) is 5.43. The molecule has 0 unspecified atom stereocenters. The number of rotatable bonds is 8. The maximum absolute atomic E-state index is 12.4. The van der Waals surface area contributed by atoms with Gasteiger partial charge in [-0.15, -0.1) is 0 Å². The fourth-order valence-corrected chi connectivity index (χ4v) is 2.18. The highest BCUT2D eigenvalue weighted by Crippen LogP contribution is 2.26. The van der Waals surface area contributed by atoms with Crippen LogP contribution in [0.5, 0.6) is 11.5 Å². The Hall–Kier alpha value is -2.96. The number of hydrogen-bond acceptors (Lipinski definition) is 4. The lowest BCUT2D eigenvalue weighted by atomic mass is 10.1. The van der Waals surface area contributed by atoms with Gasteiger partial charge in [0, 0.05) is 12.0 Å². The monoisotopic (exact) mass is 363 g/mol. The largest absolute Gasteiger partial charge is 0.481 e. The number of anilines is 1. The quantitative estimate of drug-likeness (QED) is 0.711. The second kappa shape index (κ2) is 8.94. The smallest absolute Gasteiger partial charge is 0.387 e. The highest BCUT2D eigenvalue weighted by atomic mass is 19.3. The van der Waals surface area contributed by atoms with Crippen LogP contribution in [0.3, 0.4) is 0 Å². The van der Waals surface area contributed by atoms with Crippen molar-refractivity contribution in [3.8, 4) is 11.5 Å². The van der Waals surface area contributed by atoms with Crippen molar-refractivity contribution in [2.75, 3.05) is 5.32 Å². The third kappa shape index (κ3) is 5.27. The van der Waals surface area contributed by atoms with Gasteiger partial charge in [-0.05, 0) is 43.3 Å². The van der Waals surface area contributed by atoms with E-state index in [4.69, 9.17) is 4.74 Å². The van der Waals surface area contributed by atoms with Crippen LogP contribution in [0.4, 0.5) is 14.5 Å². The molecule has 0 saturated carbocycles. The van der Waals surface area contributed by atoms with Gasteiger partial charge in [-0.25, -0.2) is 0 Å². The van der Waals surface area contributed by atoms with Gasteiger partial charge in [-0.1, -0.05) is 19.1 Å². The van der Waals surface area contributed by atoms with Crippen molar-refractivity contribution >= 4 is 17.4 Å². The van der Waals surface area contributed by atoms with Gasteiger partial charge in [0.15, 0.2) is 11.9 Å². The second-order valence-corrected chi connectivity index (χ2v) is 5.43. The number of alkyl halides is 2. The lowest BCUT2D eigenvalue weighted by Crippen LogP contribution is -2.30. The summed E-state index contributed by atoms with van der Waals surface area (Å²) in [4.78, 5) is 23.8. The van der Waals surface area contributed by atoms with Crippen molar-refractivity contribution in [3.63, 3.8) is 0 Å². The Labute approximate surface area is 149 Å². The molecule has 0 aliphatic rings. The van der Waals surface area contributed by atoms with Gasteiger partial charge in [-0.3, -0.25) is 9.59 Å². The minimum atomic E-state index is -2.99. The van der Waals surface area contributed by atoms with Gasteiger partial charge in [0.1, 0.15) is 11.5 Å². The number of amides is 1. The Kier molecular flexibility index (Phi) is 6.66. The molecule has 138 valence electrons. The summed E-state index contributed by atoms with van der Waals surface area (Å²) in [5, 5.41) is 2.50. The molecule has 0 aliphatic carbocycles. The van der Waals surface area contributed by atoms with Crippen LogP contribution in [0, 0.1) is 0 Å². The van der Waals surface area contributed by atoms with Crippen LogP contribution < -0.4 is 14.8 Å². The molecule has 0 saturated heterocycles. The molecule has 0 radical (unpaired) electrons. The minimum Gasteiger partial charge on any atom is -0.481 e. The first kappa shape index (κ1) is 19.4. The number of carbonyl (C=O) groups excluding carboxylic acids is 2. The van der Waals surface area contributed by atoms with Gasteiger partial charge >= 0.3 is 6.61 Å². The molecule has 2 aromatic carbocycles. The number of carbonyl (C=O) groups is 2. The van der Waals surface area contributed by atoms with Crippen LogP contribution in [-0.4, -0.2) is 24.4 Å². The van der Waals surface area contributed by atoms with E-state index in [9.17, 15) is 18.4 Å². The molecule has 0 fully saturated rings. The first-order valence-corrected chi connectivity index (χ1v) is 8.05. The Morgan fingerprint density at radius 1 is 1.04 bits per heavy atom. The third-order valence-electron chi connectivity index (χ3n) is 3.54. The molecule has 1 atom stereocenters. The van der Waals surface area contributed by atoms with Gasteiger partial charge in [0.25, 0.3) is 5.91 Å². The van der Waals surface area contributed by atoms with E-state index in [0.717, 1.165) is 0 Å². The summed E-state index contributed by atoms with van der Waals surface area (Å²) in [6, 6.07) is 12.3. The van der Waals surface area contributed by atoms with Crippen molar-refractivity contribution in [2.24, 2.45) is 0 Å². The van der Waals surface area contributed by atoms with Crippen LogP contribution in [0.1, 0.15) is 30.6 Å². The predicted octanol–water partition coefficient (Wildman–Crippen LogP) is 4.29. The van der Waals surface area contributed by atoms with Crippen LogP contribution in [0.15, 0.2) is 48.5 Å². The molecular weight excluding hydrogens is 344 g/mol. The Balaban J connectivity index is 2.01. The van der Waals surface area contributed by atoms with Crippen LogP contribution in [-0.2, 0) is 4.79 Å². The molecule has 0 heterocycles. The SMILES string of the molecule is CCC(=O)c1ccc(O[C@H](C)C(=O)Nc2ccccc2OC(F)F)cc1. The van der Waals surface area contributed by atoms with Gasteiger partial charge in [-0.2, -0.15) is 8.78 Å². The number of hydrogen-bond donors (Lipinski definition) is 1. The molecule has 1 amide bonds. The van der Waals surface area contributed by atoms with Crippen molar-refractivity contribution in [1.29, 1.82) is 0 Å². The molecule has 26 heavy (non-hydrogen) atoms. The molecule has 7 heteroatoms. The number of halogens is 2. The molecule has 0 aromatic heterocycles. The van der Waals surface area contributed by atoms with Crippen LogP contribution >= 0.6 is 0 Å². The summed E-state index contributed by atoms with van der Waals surface area (Å²) in [6.07, 6.45) is -0.485. The Morgan fingerprint density at radius 3 is 2.31 bits per heavy atom. The number of para-hydroxylation sites is 2. The van der Waals surface area contributed by atoms with Crippen LogP contribution in [0.25, 0.3) is 0 Å². The van der Waals surface area contributed by atoms with E-state index in [1.807, 2.05) is 0 Å². The normalized spacial score (nSPS) is 11.7. The van der Waals surface area contributed by atoms with Gasteiger partial charge in [0.2, 0.25) is 0 Å². The lowest BCUT2D eigenvalue weighted by molar-refractivity contribution is -0.122. The maximum Gasteiger partial charge on any atom is 0.387 e. The summed E-state index contributed by atoms with van der Waals surface area (Å²) in [6.45, 7) is 0.303. The average molecular weight is 363 g/mol. The fraction of sp³-hybridized carbons (Fsp3) is 0.263. The van der Waals surface area contributed by atoms with Crippen LogP contribution in [0.2, 0.25) is 0 Å². The van der Waals surface area contributed by atoms with Crippen molar-refractivity contribution in [2.45, 2.75) is 33.0 Å². The summed E-state index contributed by atoms with van der Waals surface area (Å²) in [5.74, 6) is -0.232. The molecule has 0 spiro atoms. The standard InChI is InChI=1S/C19H19F2NO4/c1-3-16(23)13-8-10-14(11-9-13)25-12(2)18(24)22-15-6-4-5-7-17(15)26-19(20)21/h4-12,19H,3H2,1-2H3,(H,22,24)/t12-/m1/s1. The lowest BCUT2D eigenvalue weighted by Gasteiger charge is -2.16. The summed E-state index contributed by atoms with van der Waals surface area (Å²) >= 11 is 0. The summed E-state index contributed by atoms with van der Waals surface area (Å²) < 4.78 is 34.7. The van der Waals surface area contributed by atoms with E-state index in [2.05, 4.69) is 10.1 Å². The van der Waals surface area contributed by atoms with Gasteiger partial charge < -0.3 is 14.8 Å². The van der Waals surface area contributed by atoms with E-state index in [1.54, 1.807) is 37.3 Å². The molecule has 1 N–H and O–H groups in total. The Bertz CT molecular complexity index is 762. The zero-order chi connectivity index (χ0) is 19.1. The molecule has 0 bridgehead atoms.